The molecule has 2 N–H and O–H groups in total. The lowest BCUT2D eigenvalue weighted by molar-refractivity contribution is 0.0750. The Bertz CT molecular complexity index is 403. The van der Waals surface area contributed by atoms with Crippen molar-refractivity contribution in [2.45, 2.75) is 27.2 Å². The molecule has 112 valence electrons. The Hall–Kier alpha value is -1.69. The first-order valence-electron chi connectivity index (χ1n) is 7.23. The lowest BCUT2D eigenvalue weighted by atomic mass is 10.3. The van der Waals surface area contributed by atoms with Gasteiger partial charge in [-0.05, 0) is 45.1 Å². The number of hydrogen-bond donors (Lipinski definition) is 1. The molecule has 1 aromatic rings. The molecule has 0 radical (unpaired) electrons. The standard InChI is InChI=1S/C14H25N5O/c1-4-18(5-2)10-7-11-19(6-3)14(20)12-8-9-13(15)17-16-12/h8-9H,4-7,10-11H2,1-3H3,(H2,15,17). The van der Waals surface area contributed by atoms with Crippen molar-refractivity contribution in [3.63, 3.8) is 0 Å². The first-order valence-corrected chi connectivity index (χ1v) is 7.23. The zero-order valence-electron chi connectivity index (χ0n) is 12.7. The summed E-state index contributed by atoms with van der Waals surface area (Å²) in [5.41, 5.74) is 5.83. The first-order chi connectivity index (χ1) is 9.62. The molecule has 0 fully saturated rings. The second kappa shape index (κ2) is 8.47. The van der Waals surface area contributed by atoms with Crippen LogP contribution in [0.4, 0.5) is 5.82 Å². The topological polar surface area (TPSA) is 75.3 Å². The Morgan fingerprint density at radius 2 is 1.80 bits per heavy atom. The van der Waals surface area contributed by atoms with Gasteiger partial charge >= 0.3 is 0 Å². The molecule has 0 atom stereocenters. The molecule has 1 heterocycles. The quantitative estimate of drug-likeness (QED) is 0.775. The van der Waals surface area contributed by atoms with E-state index in [0.29, 0.717) is 18.1 Å². The van der Waals surface area contributed by atoms with E-state index in [1.54, 1.807) is 17.0 Å². The average Bonchev–Trinajstić information content (AvgIpc) is 2.48. The van der Waals surface area contributed by atoms with Crippen LogP contribution in [0.1, 0.15) is 37.7 Å². The molecule has 1 rings (SSSR count). The van der Waals surface area contributed by atoms with Gasteiger partial charge in [-0.2, -0.15) is 0 Å². The number of carbonyl (C=O) groups is 1. The van der Waals surface area contributed by atoms with Crippen molar-refractivity contribution in [2.24, 2.45) is 0 Å². The fourth-order valence-electron chi connectivity index (χ4n) is 2.05. The molecule has 0 saturated heterocycles. The van der Waals surface area contributed by atoms with Crippen LogP contribution in [-0.2, 0) is 0 Å². The monoisotopic (exact) mass is 279 g/mol. The van der Waals surface area contributed by atoms with Gasteiger partial charge in [-0.15, -0.1) is 10.2 Å². The van der Waals surface area contributed by atoms with Crippen molar-refractivity contribution in [2.75, 3.05) is 38.5 Å². The minimum atomic E-state index is -0.0838. The molecule has 0 aliphatic carbocycles. The lowest BCUT2D eigenvalue weighted by Gasteiger charge is -2.23. The maximum absolute atomic E-state index is 12.3. The zero-order valence-corrected chi connectivity index (χ0v) is 12.7. The van der Waals surface area contributed by atoms with Gasteiger partial charge in [-0.3, -0.25) is 4.79 Å². The number of amides is 1. The van der Waals surface area contributed by atoms with E-state index in [1.165, 1.54) is 0 Å². The minimum absolute atomic E-state index is 0.0838. The Morgan fingerprint density at radius 1 is 1.10 bits per heavy atom. The Balaban J connectivity index is 2.53. The van der Waals surface area contributed by atoms with Crippen LogP contribution < -0.4 is 5.73 Å². The lowest BCUT2D eigenvalue weighted by Crippen LogP contribution is -2.35. The number of nitrogens with two attached hydrogens (primary N) is 1. The van der Waals surface area contributed by atoms with E-state index in [9.17, 15) is 4.79 Å². The Morgan fingerprint density at radius 3 is 2.30 bits per heavy atom. The van der Waals surface area contributed by atoms with Gasteiger partial charge in [0.1, 0.15) is 5.82 Å². The number of hydrogen-bond acceptors (Lipinski definition) is 5. The summed E-state index contributed by atoms with van der Waals surface area (Å²) in [6.45, 7) is 10.8. The molecule has 6 nitrogen and oxygen atoms in total. The summed E-state index contributed by atoms with van der Waals surface area (Å²) in [4.78, 5) is 16.4. The third kappa shape index (κ3) is 4.77. The number of anilines is 1. The van der Waals surface area contributed by atoms with Gasteiger partial charge in [0, 0.05) is 13.1 Å². The SMILES string of the molecule is CCN(CC)CCCN(CC)C(=O)c1ccc(N)nn1. The van der Waals surface area contributed by atoms with E-state index in [1.807, 2.05) is 6.92 Å². The van der Waals surface area contributed by atoms with Crippen LogP contribution in [0.15, 0.2) is 12.1 Å². The number of rotatable bonds is 8. The maximum Gasteiger partial charge on any atom is 0.274 e. The molecule has 0 aromatic carbocycles. The van der Waals surface area contributed by atoms with E-state index < -0.39 is 0 Å². The molecule has 6 heteroatoms. The molecule has 0 aliphatic heterocycles. The largest absolute Gasteiger partial charge is 0.382 e. The highest BCUT2D eigenvalue weighted by atomic mass is 16.2. The van der Waals surface area contributed by atoms with E-state index in [2.05, 4.69) is 28.9 Å². The van der Waals surface area contributed by atoms with Crippen LogP contribution in [0.25, 0.3) is 0 Å². The highest BCUT2D eigenvalue weighted by Gasteiger charge is 2.15. The van der Waals surface area contributed by atoms with Crippen LogP contribution in [0, 0.1) is 0 Å². The maximum atomic E-state index is 12.3. The fraction of sp³-hybridized carbons (Fsp3) is 0.643. The summed E-state index contributed by atoms with van der Waals surface area (Å²) in [6.07, 6.45) is 0.962. The highest BCUT2D eigenvalue weighted by Crippen LogP contribution is 2.04. The molecule has 20 heavy (non-hydrogen) atoms. The van der Waals surface area contributed by atoms with Crippen LogP contribution in [-0.4, -0.2) is 58.6 Å². The van der Waals surface area contributed by atoms with Crippen LogP contribution in [0.5, 0.6) is 0 Å². The Labute approximate surface area is 121 Å². The summed E-state index contributed by atoms with van der Waals surface area (Å²) >= 11 is 0. The molecule has 0 spiro atoms. The smallest absolute Gasteiger partial charge is 0.274 e. The average molecular weight is 279 g/mol. The Kier molecular flexibility index (Phi) is 6.93. The van der Waals surface area contributed by atoms with Gasteiger partial charge in [0.25, 0.3) is 5.91 Å². The minimum Gasteiger partial charge on any atom is -0.382 e. The summed E-state index contributed by atoms with van der Waals surface area (Å²) in [5.74, 6) is 0.241. The van der Waals surface area contributed by atoms with Crippen molar-refractivity contribution in [1.29, 1.82) is 0 Å². The summed E-state index contributed by atoms with van der Waals surface area (Å²) in [6, 6.07) is 3.22. The number of nitrogens with zero attached hydrogens (tertiary/aromatic N) is 4. The summed E-state index contributed by atoms with van der Waals surface area (Å²) in [7, 11) is 0. The predicted molar refractivity (Wildman–Crippen MR) is 80.4 cm³/mol. The highest BCUT2D eigenvalue weighted by molar-refractivity contribution is 5.92. The van der Waals surface area contributed by atoms with Crippen molar-refractivity contribution < 1.29 is 4.79 Å². The second-order valence-electron chi connectivity index (χ2n) is 4.61. The number of nitrogen functional groups attached to an aromatic ring is 1. The molecular weight excluding hydrogens is 254 g/mol. The molecular formula is C14H25N5O. The molecule has 1 amide bonds. The van der Waals surface area contributed by atoms with E-state index in [4.69, 9.17) is 5.73 Å². The van der Waals surface area contributed by atoms with Crippen molar-refractivity contribution in [3.8, 4) is 0 Å². The van der Waals surface area contributed by atoms with E-state index in [0.717, 1.165) is 32.6 Å². The van der Waals surface area contributed by atoms with Crippen LogP contribution in [0.3, 0.4) is 0 Å². The van der Waals surface area contributed by atoms with Crippen molar-refractivity contribution in [1.82, 2.24) is 20.0 Å². The van der Waals surface area contributed by atoms with Crippen molar-refractivity contribution in [3.05, 3.63) is 17.8 Å². The van der Waals surface area contributed by atoms with Gasteiger partial charge < -0.3 is 15.5 Å². The van der Waals surface area contributed by atoms with Crippen LogP contribution >= 0.6 is 0 Å². The van der Waals surface area contributed by atoms with Gasteiger partial charge in [0.2, 0.25) is 0 Å². The number of aromatic nitrogens is 2. The van der Waals surface area contributed by atoms with Crippen LogP contribution in [0.2, 0.25) is 0 Å². The molecule has 0 saturated carbocycles. The normalized spacial score (nSPS) is 10.8. The fourth-order valence-corrected chi connectivity index (χ4v) is 2.05. The van der Waals surface area contributed by atoms with E-state index >= 15 is 0 Å². The number of carbonyl (C=O) groups excluding carboxylic acids is 1. The van der Waals surface area contributed by atoms with Crippen molar-refractivity contribution >= 4 is 11.7 Å². The second-order valence-corrected chi connectivity index (χ2v) is 4.61. The van der Waals surface area contributed by atoms with Gasteiger partial charge in [-0.25, -0.2) is 0 Å². The third-order valence-corrected chi connectivity index (χ3v) is 3.37. The molecule has 0 unspecified atom stereocenters. The van der Waals surface area contributed by atoms with E-state index in [-0.39, 0.29) is 5.91 Å². The molecule has 0 aliphatic rings. The summed E-state index contributed by atoms with van der Waals surface area (Å²) in [5, 5.41) is 7.57. The first kappa shape index (κ1) is 16.4. The van der Waals surface area contributed by atoms with Gasteiger partial charge in [0.05, 0.1) is 0 Å². The third-order valence-electron chi connectivity index (χ3n) is 3.37. The summed E-state index contributed by atoms with van der Waals surface area (Å²) < 4.78 is 0. The zero-order chi connectivity index (χ0) is 15.0. The molecule has 1 aromatic heterocycles. The van der Waals surface area contributed by atoms with Gasteiger partial charge in [-0.1, -0.05) is 13.8 Å². The van der Waals surface area contributed by atoms with Gasteiger partial charge in [0.15, 0.2) is 5.69 Å². The molecule has 0 bridgehead atoms. The predicted octanol–water partition coefficient (Wildman–Crippen LogP) is 1.25.